The molecule has 1 aliphatic heterocycles. The molecule has 0 bridgehead atoms. The molecule has 1 fully saturated rings. The topological polar surface area (TPSA) is 91.1 Å². The summed E-state index contributed by atoms with van der Waals surface area (Å²) in [6.45, 7) is 4.70. The first kappa shape index (κ1) is 15.2. The van der Waals surface area contributed by atoms with Crippen molar-refractivity contribution < 1.29 is 5.11 Å². The minimum absolute atomic E-state index is 0.207. The fourth-order valence-corrected chi connectivity index (χ4v) is 3.38. The van der Waals surface area contributed by atoms with Crippen molar-refractivity contribution >= 4 is 16.9 Å². The van der Waals surface area contributed by atoms with E-state index in [2.05, 4.69) is 26.8 Å². The molecule has 2 atom stereocenters. The highest BCUT2D eigenvalue weighted by Gasteiger charge is 2.31. The molecule has 6 heteroatoms. The van der Waals surface area contributed by atoms with Gasteiger partial charge in [-0.1, -0.05) is 26.2 Å². The lowest BCUT2D eigenvalue weighted by Gasteiger charge is -2.14. The normalized spacial score (nSPS) is 22.6. The van der Waals surface area contributed by atoms with E-state index in [0.29, 0.717) is 11.7 Å². The second kappa shape index (κ2) is 6.62. The predicted molar refractivity (Wildman–Crippen MR) is 87.2 cm³/mol. The van der Waals surface area contributed by atoms with Crippen LogP contribution in [0.25, 0.3) is 11.0 Å². The van der Waals surface area contributed by atoms with E-state index in [-0.39, 0.29) is 6.10 Å². The van der Waals surface area contributed by atoms with Crippen LogP contribution in [0.4, 0.5) is 5.82 Å². The van der Waals surface area contributed by atoms with Gasteiger partial charge in [0.05, 0.1) is 11.6 Å². The lowest BCUT2D eigenvalue weighted by atomic mass is 9.98. The van der Waals surface area contributed by atoms with E-state index in [1.54, 1.807) is 0 Å². The third-order valence-electron chi connectivity index (χ3n) is 4.63. The highest BCUT2D eigenvalue weighted by atomic mass is 16.3. The molecular weight excluding hydrogens is 278 g/mol. The first-order valence-electron chi connectivity index (χ1n) is 8.16. The molecule has 1 aliphatic rings. The van der Waals surface area contributed by atoms with Crippen molar-refractivity contribution in [2.45, 2.75) is 45.3 Å². The number of aliphatic hydroxyl groups is 1. The van der Waals surface area contributed by atoms with Crippen molar-refractivity contribution in [1.29, 1.82) is 0 Å². The van der Waals surface area contributed by atoms with Crippen molar-refractivity contribution in [2.24, 2.45) is 5.92 Å². The largest absolute Gasteiger partial charge is 0.391 e. The number of hydrogen-bond donors (Lipinski definition) is 3. The second-order valence-corrected chi connectivity index (χ2v) is 6.31. The molecule has 0 aliphatic carbocycles. The summed E-state index contributed by atoms with van der Waals surface area (Å²) in [5.41, 5.74) is 8.66. The van der Waals surface area contributed by atoms with Crippen LogP contribution < -0.4 is 5.73 Å². The van der Waals surface area contributed by atoms with E-state index in [4.69, 9.17) is 5.73 Å². The van der Waals surface area contributed by atoms with Crippen LogP contribution in [0, 0.1) is 5.92 Å². The molecule has 6 nitrogen and oxygen atoms in total. The van der Waals surface area contributed by atoms with Gasteiger partial charge in [-0.3, -0.25) is 4.90 Å². The molecule has 22 heavy (non-hydrogen) atoms. The van der Waals surface area contributed by atoms with E-state index < -0.39 is 0 Å². The van der Waals surface area contributed by atoms with Crippen LogP contribution in [-0.4, -0.2) is 44.2 Å². The second-order valence-electron chi connectivity index (χ2n) is 6.31. The Hall–Kier alpha value is -1.66. The molecule has 3 heterocycles. The molecule has 0 saturated carbocycles. The molecule has 0 radical (unpaired) electrons. The summed E-state index contributed by atoms with van der Waals surface area (Å²) in [6, 6.07) is 0. The Kier molecular flexibility index (Phi) is 4.59. The molecule has 2 unspecified atom stereocenters. The zero-order valence-electron chi connectivity index (χ0n) is 13.1. The number of anilines is 1. The Labute approximate surface area is 130 Å². The zero-order valence-corrected chi connectivity index (χ0v) is 13.1. The maximum atomic E-state index is 10.2. The third kappa shape index (κ3) is 3.08. The van der Waals surface area contributed by atoms with E-state index in [1.165, 1.54) is 25.6 Å². The molecule has 4 N–H and O–H groups in total. The number of hydrogen-bond acceptors (Lipinski definition) is 5. The summed E-state index contributed by atoms with van der Waals surface area (Å²) in [5, 5.41) is 10.2. The van der Waals surface area contributed by atoms with Gasteiger partial charge in [-0.2, -0.15) is 0 Å². The Morgan fingerprint density at radius 1 is 1.36 bits per heavy atom. The van der Waals surface area contributed by atoms with Crippen LogP contribution in [0.2, 0.25) is 0 Å². The van der Waals surface area contributed by atoms with E-state index in [9.17, 15) is 5.11 Å². The fraction of sp³-hybridized carbons (Fsp3) is 0.625. The number of fused-ring (bicyclic) bond motifs is 1. The van der Waals surface area contributed by atoms with Crippen LogP contribution in [0.3, 0.4) is 0 Å². The summed E-state index contributed by atoms with van der Waals surface area (Å²) in [4.78, 5) is 13.8. The third-order valence-corrected chi connectivity index (χ3v) is 4.63. The number of nitrogens with two attached hydrogens (primary N) is 1. The predicted octanol–water partition coefficient (Wildman–Crippen LogP) is 1.91. The molecule has 0 amide bonds. The van der Waals surface area contributed by atoms with Gasteiger partial charge in [-0.15, -0.1) is 0 Å². The first-order valence-corrected chi connectivity index (χ1v) is 8.16. The number of likely N-dealkylation sites (tertiary alicyclic amines) is 1. The summed E-state index contributed by atoms with van der Waals surface area (Å²) < 4.78 is 0. The van der Waals surface area contributed by atoms with Gasteiger partial charge in [0.2, 0.25) is 0 Å². The average Bonchev–Trinajstić information content (AvgIpc) is 3.05. The number of aromatic amines is 1. The fourth-order valence-electron chi connectivity index (χ4n) is 3.38. The lowest BCUT2D eigenvalue weighted by Crippen LogP contribution is -2.21. The molecule has 0 spiro atoms. The number of nitrogen functional groups attached to an aromatic ring is 1. The van der Waals surface area contributed by atoms with Crippen molar-refractivity contribution in [1.82, 2.24) is 19.9 Å². The van der Waals surface area contributed by atoms with Gasteiger partial charge in [0.1, 0.15) is 11.8 Å². The van der Waals surface area contributed by atoms with Gasteiger partial charge >= 0.3 is 0 Å². The number of aromatic nitrogens is 3. The van der Waals surface area contributed by atoms with Crippen molar-refractivity contribution in [3.05, 3.63) is 18.1 Å². The Morgan fingerprint density at radius 3 is 3.05 bits per heavy atom. The Balaban J connectivity index is 1.65. The maximum Gasteiger partial charge on any atom is 0.151 e. The number of nitrogens with one attached hydrogen (secondary N) is 1. The molecule has 1 saturated heterocycles. The minimum Gasteiger partial charge on any atom is -0.391 e. The highest BCUT2D eigenvalue weighted by molar-refractivity contribution is 5.86. The molecular formula is C16H25N5O. The number of unbranched alkanes of at least 4 members (excludes halogenated alkanes) is 2. The van der Waals surface area contributed by atoms with Gasteiger partial charge in [-0.05, 0) is 12.3 Å². The summed E-state index contributed by atoms with van der Waals surface area (Å²) >= 11 is 0. The van der Waals surface area contributed by atoms with Crippen molar-refractivity contribution in [2.75, 3.05) is 18.8 Å². The average molecular weight is 303 g/mol. The van der Waals surface area contributed by atoms with Gasteiger partial charge in [0.15, 0.2) is 5.82 Å². The number of rotatable bonds is 6. The van der Waals surface area contributed by atoms with Crippen molar-refractivity contribution in [3.8, 4) is 0 Å². The van der Waals surface area contributed by atoms with E-state index in [1.807, 2.05) is 6.20 Å². The molecule has 120 valence electrons. The van der Waals surface area contributed by atoms with Gasteiger partial charge in [0, 0.05) is 31.4 Å². The lowest BCUT2D eigenvalue weighted by molar-refractivity contribution is 0.136. The van der Waals surface area contributed by atoms with Crippen LogP contribution in [0.15, 0.2) is 12.5 Å². The summed E-state index contributed by atoms with van der Waals surface area (Å²) in [7, 11) is 0. The van der Waals surface area contributed by atoms with Crippen LogP contribution >= 0.6 is 0 Å². The maximum absolute atomic E-state index is 10.2. The minimum atomic E-state index is -0.207. The summed E-state index contributed by atoms with van der Waals surface area (Å²) in [6.07, 6.45) is 8.05. The van der Waals surface area contributed by atoms with Crippen molar-refractivity contribution in [3.63, 3.8) is 0 Å². The summed E-state index contributed by atoms with van der Waals surface area (Å²) in [5.74, 6) is 0.881. The number of aliphatic hydroxyl groups excluding tert-OH is 1. The molecule has 2 aromatic rings. The highest BCUT2D eigenvalue weighted by Crippen LogP contribution is 2.26. The van der Waals surface area contributed by atoms with Gasteiger partial charge in [-0.25, -0.2) is 9.97 Å². The number of H-pyrrole nitrogens is 1. The van der Waals surface area contributed by atoms with Crippen LogP contribution in [-0.2, 0) is 6.54 Å². The zero-order chi connectivity index (χ0) is 15.5. The smallest absolute Gasteiger partial charge is 0.151 e. The molecule has 2 aromatic heterocycles. The van der Waals surface area contributed by atoms with Crippen LogP contribution in [0.5, 0.6) is 0 Å². The van der Waals surface area contributed by atoms with E-state index >= 15 is 0 Å². The monoisotopic (exact) mass is 303 g/mol. The molecule has 3 rings (SSSR count). The SMILES string of the molecule is CCCCCC1CN(Cc2c[nH]c3c(N)ncnc23)CC1O. The number of β-amino-alcohol motifs (C(OH)–C–C–N with tert-alkyl or cyclic N) is 1. The Morgan fingerprint density at radius 2 is 2.23 bits per heavy atom. The van der Waals surface area contributed by atoms with Crippen LogP contribution in [0.1, 0.15) is 38.2 Å². The quantitative estimate of drug-likeness (QED) is 0.709. The number of nitrogens with zero attached hydrogens (tertiary/aromatic N) is 3. The first-order chi connectivity index (χ1) is 10.7. The standard InChI is InChI=1S/C16H25N5O/c1-2-3-4-5-11-7-21(9-13(11)22)8-12-6-18-15-14(12)19-10-20-16(15)17/h6,10-11,13,18,22H,2-5,7-9H2,1H3,(H2,17,19,20). The van der Waals surface area contributed by atoms with E-state index in [0.717, 1.165) is 42.7 Å². The van der Waals surface area contributed by atoms with Gasteiger partial charge in [0.25, 0.3) is 0 Å². The Bertz CT molecular complexity index is 626. The van der Waals surface area contributed by atoms with Gasteiger partial charge < -0.3 is 15.8 Å². The molecule has 0 aromatic carbocycles.